The van der Waals surface area contributed by atoms with Gasteiger partial charge in [-0.15, -0.1) is 0 Å². The summed E-state index contributed by atoms with van der Waals surface area (Å²) in [6, 6.07) is 12.0. The van der Waals surface area contributed by atoms with Gasteiger partial charge in [0.05, 0.1) is 48.4 Å². The van der Waals surface area contributed by atoms with Crippen LogP contribution in [0.15, 0.2) is 47.4 Å². The van der Waals surface area contributed by atoms with Crippen molar-refractivity contribution in [3.05, 3.63) is 48.2 Å². The van der Waals surface area contributed by atoms with Crippen LogP contribution < -0.4 is 9.47 Å². The Kier molecular flexibility index (Phi) is 6.69. The molecule has 2 aromatic carbocycles. The number of hydrogen-bond donors (Lipinski definition) is 1. The fraction of sp³-hybridized carbons (Fsp3) is 0.375. The number of benzene rings is 2. The van der Waals surface area contributed by atoms with Crippen LogP contribution in [0.1, 0.15) is 25.6 Å². The lowest BCUT2D eigenvalue weighted by Gasteiger charge is -2.20. The van der Waals surface area contributed by atoms with Crippen LogP contribution in [0.3, 0.4) is 0 Å². The van der Waals surface area contributed by atoms with Gasteiger partial charge in [0.2, 0.25) is 10.0 Å². The zero-order valence-electron chi connectivity index (χ0n) is 19.6. The van der Waals surface area contributed by atoms with E-state index in [4.69, 9.17) is 9.47 Å². The van der Waals surface area contributed by atoms with Gasteiger partial charge in [-0.3, -0.25) is 9.48 Å². The van der Waals surface area contributed by atoms with Crippen LogP contribution in [0.2, 0.25) is 0 Å². The fourth-order valence-electron chi connectivity index (χ4n) is 4.51. The second-order valence-corrected chi connectivity index (χ2v) is 10.2. The number of fused-ring (bicyclic) bond motifs is 1. The first-order valence-corrected chi connectivity index (χ1v) is 12.6. The van der Waals surface area contributed by atoms with Crippen LogP contribution in [0.4, 0.5) is 0 Å². The highest BCUT2D eigenvalue weighted by Gasteiger charge is 2.47. The summed E-state index contributed by atoms with van der Waals surface area (Å²) >= 11 is 0. The van der Waals surface area contributed by atoms with E-state index in [1.54, 1.807) is 41.9 Å². The number of carboxylic acids is 1. The van der Waals surface area contributed by atoms with Crippen LogP contribution in [0.25, 0.3) is 10.9 Å². The van der Waals surface area contributed by atoms with Crippen molar-refractivity contribution in [2.24, 2.45) is 5.92 Å². The van der Waals surface area contributed by atoms with Crippen molar-refractivity contribution in [3.8, 4) is 17.6 Å². The maximum absolute atomic E-state index is 13.5. The molecule has 1 N–H and O–H groups in total. The molecule has 184 valence electrons. The summed E-state index contributed by atoms with van der Waals surface area (Å²) in [7, 11) is -2.47. The van der Waals surface area contributed by atoms with E-state index in [-0.39, 0.29) is 17.9 Å². The molecule has 4 rings (SSSR count). The van der Waals surface area contributed by atoms with Gasteiger partial charge >= 0.3 is 5.97 Å². The second kappa shape index (κ2) is 9.56. The highest BCUT2D eigenvalue weighted by atomic mass is 32.2. The van der Waals surface area contributed by atoms with E-state index >= 15 is 0 Å². The van der Waals surface area contributed by atoms with E-state index in [9.17, 15) is 23.6 Å². The molecular weight excluding hydrogens is 472 g/mol. The molecule has 3 aromatic rings. The maximum atomic E-state index is 13.5. The predicted molar refractivity (Wildman–Crippen MR) is 127 cm³/mol. The molecule has 11 heteroatoms. The van der Waals surface area contributed by atoms with E-state index in [0.29, 0.717) is 34.7 Å². The van der Waals surface area contributed by atoms with Crippen molar-refractivity contribution in [3.63, 3.8) is 0 Å². The molecule has 1 aliphatic rings. The number of carbonyl (C=O) groups is 1. The molecule has 0 saturated carbocycles. The molecule has 1 fully saturated rings. The summed E-state index contributed by atoms with van der Waals surface area (Å²) in [5.74, 6) is -0.327. The SMILES string of the molecule is CCOc1ccc(S(=O)(=O)N2C[C@H](n3nc(CC(=O)O)c4ccc(OC)cc43)[C@@H](C)[C@@H]2C#N)cc1. The molecule has 10 nitrogen and oxygen atoms in total. The topological polar surface area (TPSA) is 135 Å². The molecule has 1 saturated heterocycles. The van der Waals surface area contributed by atoms with Crippen LogP contribution in [0.5, 0.6) is 11.5 Å². The van der Waals surface area contributed by atoms with Gasteiger partial charge < -0.3 is 14.6 Å². The number of hydrogen-bond acceptors (Lipinski definition) is 7. The van der Waals surface area contributed by atoms with Gasteiger partial charge in [-0.05, 0) is 43.3 Å². The van der Waals surface area contributed by atoms with Gasteiger partial charge in [0, 0.05) is 23.9 Å². The number of aliphatic carboxylic acids is 1. The standard InChI is InChI=1S/C24H26N4O6S/c1-4-34-16-5-8-18(9-6-16)35(31,32)27-14-23(15(2)22(27)13-25)28-21-11-17(33-3)7-10-19(21)20(26-28)12-24(29)30/h5-11,15,22-23H,4,12,14H2,1-3H3,(H,29,30)/t15-,22-,23-/m0/s1. The minimum Gasteiger partial charge on any atom is -0.497 e. The largest absolute Gasteiger partial charge is 0.497 e. The van der Waals surface area contributed by atoms with Crippen LogP contribution in [-0.4, -0.2) is 59.9 Å². The van der Waals surface area contributed by atoms with Crippen molar-refractivity contribution >= 4 is 26.9 Å². The third-order valence-electron chi connectivity index (χ3n) is 6.28. The summed E-state index contributed by atoms with van der Waals surface area (Å²) in [4.78, 5) is 11.5. The lowest BCUT2D eigenvalue weighted by Crippen LogP contribution is -2.36. The zero-order valence-corrected chi connectivity index (χ0v) is 20.4. The molecule has 0 amide bonds. The van der Waals surface area contributed by atoms with Crippen LogP contribution in [-0.2, 0) is 21.2 Å². The minimum atomic E-state index is -3.99. The first-order valence-electron chi connectivity index (χ1n) is 11.1. The summed E-state index contributed by atoms with van der Waals surface area (Å²) in [6.45, 7) is 4.11. The highest BCUT2D eigenvalue weighted by molar-refractivity contribution is 7.89. The van der Waals surface area contributed by atoms with Crippen LogP contribution in [0, 0.1) is 17.2 Å². The average Bonchev–Trinajstić information content (AvgIpc) is 3.36. The number of methoxy groups -OCH3 is 1. The number of ether oxygens (including phenoxy) is 2. The number of nitriles is 1. The summed E-state index contributed by atoms with van der Waals surface area (Å²) in [5, 5.41) is 24.5. The first-order chi connectivity index (χ1) is 16.7. The monoisotopic (exact) mass is 498 g/mol. The lowest BCUT2D eigenvalue weighted by molar-refractivity contribution is -0.136. The van der Waals surface area contributed by atoms with E-state index < -0.39 is 34.0 Å². The first kappa shape index (κ1) is 24.5. The fourth-order valence-corrected chi connectivity index (χ4v) is 6.15. The average molecular weight is 499 g/mol. The molecule has 0 aliphatic carbocycles. The van der Waals surface area contributed by atoms with Gasteiger partial charge in [-0.2, -0.15) is 14.7 Å². The van der Waals surface area contributed by atoms with Crippen molar-refractivity contribution in [1.82, 2.24) is 14.1 Å². The van der Waals surface area contributed by atoms with Crippen molar-refractivity contribution < 1.29 is 27.8 Å². The van der Waals surface area contributed by atoms with Crippen molar-refractivity contribution in [1.29, 1.82) is 5.26 Å². The zero-order chi connectivity index (χ0) is 25.3. The molecule has 0 spiro atoms. The smallest absolute Gasteiger partial charge is 0.309 e. The molecule has 35 heavy (non-hydrogen) atoms. The number of nitrogens with zero attached hydrogens (tertiary/aromatic N) is 4. The van der Waals surface area contributed by atoms with E-state index in [2.05, 4.69) is 11.2 Å². The number of rotatable bonds is 8. The molecule has 1 aromatic heterocycles. The molecule has 3 atom stereocenters. The van der Waals surface area contributed by atoms with E-state index in [1.807, 2.05) is 6.92 Å². The summed E-state index contributed by atoms with van der Waals surface area (Å²) in [5.41, 5.74) is 0.984. The van der Waals surface area contributed by atoms with Gasteiger partial charge in [0.1, 0.15) is 17.5 Å². The molecule has 2 heterocycles. The number of sulfonamides is 1. The Labute approximate surface area is 203 Å². The van der Waals surface area contributed by atoms with E-state index in [0.717, 1.165) is 0 Å². The lowest BCUT2D eigenvalue weighted by atomic mass is 10.00. The Bertz CT molecular complexity index is 1390. The molecule has 1 aliphatic heterocycles. The molecular formula is C24H26N4O6S. The third-order valence-corrected chi connectivity index (χ3v) is 8.14. The Balaban J connectivity index is 1.76. The highest BCUT2D eigenvalue weighted by Crippen LogP contribution is 2.39. The van der Waals surface area contributed by atoms with Gasteiger partial charge in [0.15, 0.2) is 0 Å². The van der Waals surface area contributed by atoms with Gasteiger partial charge in [-0.25, -0.2) is 8.42 Å². The van der Waals surface area contributed by atoms with Crippen molar-refractivity contribution in [2.45, 2.75) is 37.2 Å². The van der Waals surface area contributed by atoms with E-state index in [1.165, 1.54) is 23.5 Å². The van der Waals surface area contributed by atoms with Crippen molar-refractivity contribution in [2.75, 3.05) is 20.3 Å². The summed E-state index contributed by atoms with van der Waals surface area (Å²) in [6.07, 6.45) is -0.285. The van der Waals surface area contributed by atoms with Crippen LogP contribution >= 0.6 is 0 Å². The third kappa shape index (κ3) is 4.42. The Morgan fingerprint density at radius 1 is 1.23 bits per heavy atom. The molecule has 0 radical (unpaired) electrons. The predicted octanol–water partition coefficient (Wildman–Crippen LogP) is 2.84. The normalized spacial score (nSPS) is 20.6. The summed E-state index contributed by atoms with van der Waals surface area (Å²) < 4.78 is 40.6. The minimum absolute atomic E-state index is 0.00936. The molecule has 0 bridgehead atoms. The van der Waals surface area contributed by atoms with Gasteiger partial charge in [0.25, 0.3) is 0 Å². The maximum Gasteiger partial charge on any atom is 0.309 e. The Hall–Kier alpha value is -3.62. The van der Waals surface area contributed by atoms with Gasteiger partial charge in [-0.1, -0.05) is 6.92 Å². The quantitative estimate of drug-likeness (QED) is 0.501. The molecule has 0 unspecified atom stereocenters. The number of aromatic nitrogens is 2. The number of carboxylic acid groups (broad SMARTS) is 1. The Morgan fingerprint density at radius 3 is 2.51 bits per heavy atom. The second-order valence-electron chi connectivity index (χ2n) is 8.32. The Morgan fingerprint density at radius 2 is 1.91 bits per heavy atom.